The van der Waals surface area contributed by atoms with Crippen molar-refractivity contribution < 1.29 is 43.2 Å². The van der Waals surface area contributed by atoms with Crippen LogP contribution in [0.1, 0.15) is 99.1 Å². The van der Waals surface area contributed by atoms with Crippen LogP contribution in [0.2, 0.25) is 0 Å². The number of benzene rings is 4. The topological polar surface area (TPSA) is 50.2 Å². The van der Waals surface area contributed by atoms with Crippen LogP contribution in [-0.2, 0) is 36.5 Å². The van der Waals surface area contributed by atoms with Gasteiger partial charge in [-0.25, -0.2) is 0 Å². The molecule has 54 heavy (non-hydrogen) atoms. The minimum Gasteiger partial charge on any atom is -0.512 e. The second-order valence-corrected chi connectivity index (χ2v) is 15.4. The molecule has 0 amide bonds. The molecule has 0 bridgehead atoms. The summed E-state index contributed by atoms with van der Waals surface area (Å²) in [6.45, 7) is 18.5. The van der Waals surface area contributed by atoms with Crippen molar-refractivity contribution in [1.29, 1.82) is 0 Å². The quantitative estimate of drug-likeness (QED) is 0.0863. The zero-order chi connectivity index (χ0) is 39.2. The number of carbonyl (C=O) groups excluding carboxylic acids is 1. The summed E-state index contributed by atoms with van der Waals surface area (Å²) in [5, 5.41) is 12.1. The number of hydrogen-bond acceptors (Lipinski definition) is 3. The molecule has 1 heterocycles. The average Bonchev–Trinajstić information content (AvgIpc) is 3.16. The predicted molar refractivity (Wildman–Crippen MR) is 214 cm³/mol. The van der Waals surface area contributed by atoms with Gasteiger partial charge in [0.15, 0.2) is 5.78 Å². The van der Waals surface area contributed by atoms with Crippen LogP contribution in [0.5, 0.6) is 0 Å². The van der Waals surface area contributed by atoms with E-state index >= 15 is 0 Å². The second-order valence-electron chi connectivity index (χ2n) is 15.4. The fourth-order valence-corrected chi connectivity index (χ4v) is 6.21. The number of hydrogen-bond donors (Lipinski definition) is 1. The fraction of sp³-hybridized carbons (Fsp3) is 0.362. The van der Waals surface area contributed by atoms with Crippen LogP contribution in [0.25, 0.3) is 44.3 Å². The SMILES string of the molecule is CC(C)(C)c1cc(-c2cc(-c3ccc(-c4ccccc4)cc3)c(C(F)(F)F)cn2)[c-]c2ccccc12.CCC(C)(CC)C(=O)/C=C(\O)C(C)(CC)CC.[Ir]. The molecule has 0 atom stereocenters. The molecule has 5 rings (SSSR count). The average molecular weight is 913 g/mol. The predicted octanol–water partition coefficient (Wildman–Crippen LogP) is 14.0. The van der Waals surface area contributed by atoms with Gasteiger partial charge in [-0.2, -0.15) is 13.2 Å². The molecule has 4 aromatic carbocycles. The minimum atomic E-state index is -4.53. The van der Waals surface area contributed by atoms with Crippen LogP contribution < -0.4 is 0 Å². The van der Waals surface area contributed by atoms with Crippen molar-refractivity contribution in [3.05, 3.63) is 126 Å². The summed E-state index contributed by atoms with van der Waals surface area (Å²) in [6, 6.07) is 31.8. The van der Waals surface area contributed by atoms with E-state index in [2.05, 4.69) is 37.9 Å². The van der Waals surface area contributed by atoms with Gasteiger partial charge in [0, 0.05) is 48.9 Å². The zero-order valence-electron chi connectivity index (χ0n) is 32.9. The Morgan fingerprint density at radius 1 is 0.704 bits per heavy atom. The molecule has 0 saturated carbocycles. The summed E-state index contributed by atoms with van der Waals surface area (Å²) < 4.78 is 42.0. The number of fused-ring (bicyclic) bond motifs is 1. The van der Waals surface area contributed by atoms with E-state index in [9.17, 15) is 23.1 Å². The molecule has 0 spiro atoms. The van der Waals surface area contributed by atoms with Gasteiger partial charge in [0.25, 0.3) is 0 Å². The number of aliphatic hydroxyl groups excluding tert-OH is 1. The third-order valence-electron chi connectivity index (χ3n) is 11.0. The number of nitrogens with zero attached hydrogens (tertiary/aromatic N) is 1. The molecule has 1 aromatic heterocycles. The van der Waals surface area contributed by atoms with Crippen molar-refractivity contribution in [3.63, 3.8) is 0 Å². The number of rotatable bonds is 10. The van der Waals surface area contributed by atoms with E-state index in [4.69, 9.17) is 0 Å². The van der Waals surface area contributed by atoms with E-state index < -0.39 is 11.7 Å². The third-order valence-corrected chi connectivity index (χ3v) is 11.0. The molecule has 0 aliphatic rings. The number of pyridine rings is 1. The number of carbonyl (C=O) groups is 1. The molecule has 289 valence electrons. The standard InChI is InChI=1S/C32H25F3N.C15H28O2.Ir/c1-31(2,3)28-18-25(17-24-11-7-8-12-26(24)28)30-19-27(29(20-36-30)32(33,34)35)23-15-13-22(14-16-23)21-9-5-4-6-10-21;1-7-14(5,8-2)12(16)11-13(17)15(6,9-3)10-4;/h4-16,18-20H,1-3H3;11,16H,7-10H2,1-6H3;/q-1;;/b;12-11-;. The van der Waals surface area contributed by atoms with Crippen LogP contribution in [0, 0.1) is 16.9 Å². The monoisotopic (exact) mass is 913 g/mol. The van der Waals surface area contributed by atoms with Crippen LogP contribution >= 0.6 is 0 Å². The van der Waals surface area contributed by atoms with Gasteiger partial charge in [-0.05, 0) is 53.4 Å². The maximum atomic E-state index is 14.0. The van der Waals surface area contributed by atoms with Crippen LogP contribution in [0.3, 0.4) is 0 Å². The number of allylic oxidation sites excluding steroid dienone is 2. The third kappa shape index (κ3) is 10.2. The zero-order valence-corrected chi connectivity index (χ0v) is 35.3. The second kappa shape index (κ2) is 18.0. The largest absolute Gasteiger partial charge is 0.512 e. The molecule has 0 aliphatic carbocycles. The first-order chi connectivity index (χ1) is 24.9. The molecule has 1 radical (unpaired) electrons. The first-order valence-electron chi connectivity index (χ1n) is 18.5. The van der Waals surface area contributed by atoms with Crippen molar-refractivity contribution in [2.24, 2.45) is 10.8 Å². The number of aliphatic hydroxyl groups is 1. The van der Waals surface area contributed by atoms with Crippen molar-refractivity contribution in [2.45, 2.75) is 99.6 Å². The van der Waals surface area contributed by atoms with Gasteiger partial charge in [-0.3, -0.25) is 9.78 Å². The van der Waals surface area contributed by atoms with E-state index in [1.54, 1.807) is 12.1 Å². The Morgan fingerprint density at radius 2 is 1.22 bits per heavy atom. The van der Waals surface area contributed by atoms with Crippen molar-refractivity contribution in [2.75, 3.05) is 0 Å². The van der Waals surface area contributed by atoms with E-state index in [1.807, 2.05) is 108 Å². The van der Waals surface area contributed by atoms with Crippen LogP contribution in [0.4, 0.5) is 13.2 Å². The maximum absolute atomic E-state index is 14.0. The fourth-order valence-electron chi connectivity index (χ4n) is 6.21. The molecule has 1 N–H and O–H groups in total. The smallest absolute Gasteiger partial charge is 0.418 e. The summed E-state index contributed by atoms with van der Waals surface area (Å²) in [7, 11) is 0. The molecular weight excluding hydrogens is 860 g/mol. The Bertz CT molecular complexity index is 2040. The molecule has 3 nitrogen and oxygen atoms in total. The Morgan fingerprint density at radius 3 is 1.76 bits per heavy atom. The van der Waals surface area contributed by atoms with Gasteiger partial charge >= 0.3 is 6.18 Å². The molecule has 5 aromatic rings. The first-order valence-corrected chi connectivity index (χ1v) is 18.5. The number of aromatic nitrogens is 1. The molecule has 0 aliphatic heterocycles. The van der Waals surface area contributed by atoms with Crippen LogP contribution in [-0.4, -0.2) is 15.9 Å². The van der Waals surface area contributed by atoms with E-state index in [0.717, 1.165) is 59.3 Å². The maximum Gasteiger partial charge on any atom is 0.418 e. The Hall–Kier alpha value is -4.06. The van der Waals surface area contributed by atoms with Crippen LogP contribution in [0.15, 0.2) is 109 Å². The molecule has 0 unspecified atom stereocenters. The summed E-state index contributed by atoms with van der Waals surface area (Å²) in [6.07, 6.45) is 1.17. The van der Waals surface area contributed by atoms with E-state index in [1.165, 1.54) is 12.1 Å². The first kappa shape index (κ1) is 44.3. The molecular formula is C47H53F3IrNO2-. The normalized spacial score (nSPS) is 12.5. The Balaban J connectivity index is 0.000000372. The summed E-state index contributed by atoms with van der Waals surface area (Å²) >= 11 is 0. The van der Waals surface area contributed by atoms with Crippen molar-refractivity contribution in [1.82, 2.24) is 4.98 Å². The van der Waals surface area contributed by atoms with Gasteiger partial charge in [0.1, 0.15) is 5.76 Å². The van der Waals surface area contributed by atoms with E-state index in [0.29, 0.717) is 16.8 Å². The minimum absolute atomic E-state index is 0. The van der Waals surface area contributed by atoms with Gasteiger partial charge in [0.2, 0.25) is 0 Å². The Labute approximate surface area is 333 Å². The van der Waals surface area contributed by atoms with Gasteiger partial charge in [-0.15, -0.1) is 29.1 Å². The van der Waals surface area contributed by atoms with Crippen molar-refractivity contribution >= 4 is 16.6 Å². The number of alkyl halides is 3. The van der Waals surface area contributed by atoms with E-state index in [-0.39, 0.29) is 53.5 Å². The molecule has 7 heteroatoms. The van der Waals surface area contributed by atoms with Gasteiger partial charge in [-0.1, -0.05) is 152 Å². The molecule has 0 saturated heterocycles. The summed E-state index contributed by atoms with van der Waals surface area (Å²) in [5.41, 5.74) is 3.26. The summed E-state index contributed by atoms with van der Waals surface area (Å²) in [5.74, 6) is 0.286. The van der Waals surface area contributed by atoms with Gasteiger partial charge < -0.3 is 5.11 Å². The number of ketones is 1. The van der Waals surface area contributed by atoms with Crippen molar-refractivity contribution in [3.8, 4) is 33.5 Å². The number of halogens is 3. The molecule has 0 fully saturated rings. The Kier molecular flexibility index (Phi) is 14.8. The van der Waals surface area contributed by atoms with Gasteiger partial charge in [0.05, 0.1) is 5.56 Å². The summed E-state index contributed by atoms with van der Waals surface area (Å²) in [4.78, 5) is 16.4.